The third-order valence-corrected chi connectivity index (χ3v) is 4.98. The zero-order valence-electron chi connectivity index (χ0n) is 14.7. The van der Waals surface area contributed by atoms with Crippen molar-refractivity contribution in [3.05, 3.63) is 41.7 Å². The molecule has 140 valence electrons. The molecule has 0 aliphatic carbocycles. The molecule has 0 saturated carbocycles. The first-order valence-electron chi connectivity index (χ1n) is 8.59. The Kier molecular flexibility index (Phi) is 4.35. The van der Waals surface area contributed by atoms with Crippen molar-refractivity contribution >= 4 is 35.1 Å². The average molecular weight is 388 g/mol. The van der Waals surface area contributed by atoms with E-state index in [1.54, 1.807) is 41.6 Å². The molecule has 8 nitrogen and oxygen atoms in total. The number of ether oxygens (including phenoxy) is 1. The van der Waals surface area contributed by atoms with Gasteiger partial charge in [-0.15, -0.1) is 0 Å². The fourth-order valence-electron chi connectivity index (χ4n) is 3.20. The lowest BCUT2D eigenvalue weighted by molar-refractivity contribution is -0.154. The van der Waals surface area contributed by atoms with Crippen LogP contribution in [0.1, 0.15) is 6.92 Å². The summed E-state index contributed by atoms with van der Waals surface area (Å²) in [5.41, 5.74) is -1.16. The van der Waals surface area contributed by atoms with E-state index in [2.05, 4.69) is 15.3 Å². The summed E-state index contributed by atoms with van der Waals surface area (Å²) in [7, 11) is 0. The number of hydrogen-bond donors (Lipinski definition) is 1. The molecule has 1 aromatic carbocycles. The number of nitrogens with one attached hydrogen (secondary N) is 1. The second-order valence-electron chi connectivity index (χ2n) is 6.56. The first kappa shape index (κ1) is 17.5. The van der Waals surface area contributed by atoms with Gasteiger partial charge in [0.2, 0.25) is 5.95 Å². The Hall–Kier alpha value is -2.87. The predicted octanol–water partition coefficient (Wildman–Crippen LogP) is 1.57. The minimum absolute atomic E-state index is 0.366. The van der Waals surface area contributed by atoms with Gasteiger partial charge in [-0.05, 0) is 31.2 Å². The molecule has 2 aromatic rings. The van der Waals surface area contributed by atoms with Crippen molar-refractivity contribution < 1.29 is 14.3 Å². The number of carbonyl (C=O) groups excluding carboxylic acids is 2. The van der Waals surface area contributed by atoms with Crippen molar-refractivity contribution in [3.8, 4) is 5.75 Å². The van der Waals surface area contributed by atoms with Gasteiger partial charge in [-0.1, -0.05) is 11.6 Å². The van der Waals surface area contributed by atoms with Gasteiger partial charge in [-0.25, -0.2) is 9.97 Å². The molecule has 27 heavy (non-hydrogen) atoms. The van der Waals surface area contributed by atoms with Crippen LogP contribution in [0.3, 0.4) is 0 Å². The minimum atomic E-state index is -1.62. The van der Waals surface area contributed by atoms with E-state index in [1.165, 1.54) is 6.92 Å². The molecule has 1 aromatic heterocycles. The molecule has 1 saturated heterocycles. The van der Waals surface area contributed by atoms with E-state index in [0.29, 0.717) is 48.6 Å². The Morgan fingerprint density at radius 2 is 1.93 bits per heavy atom. The highest BCUT2D eigenvalue weighted by Gasteiger charge is 2.49. The van der Waals surface area contributed by atoms with E-state index in [1.807, 2.05) is 4.90 Å². The van der Waals surface area contributed by atoms with Gasteiger partial charge in [0.25, 0.3) is 17.4 Å². The number of amides is 2. The number of benzene rings is 1. The highest BCUT2D eigenvalue weighted by atomic mass is 35.5. The summed E-state index contributed by atoms with van der Waals surface area (Å²) >= 11 is 5.95. The molecule has 9 heteroatoms. The molecule has 1 fully saturated rings. The van der Waals surface area contributed by atoms with E-state index in [0.717, 1.165) is 0 Å². The van der Waals surface area contributed by atoms with Crippen molar-refractivity contribution in [1.82, 2.24) is 14.9 Å². The minimum Gasteiger partial charge on any atom is -0.466 e. The van der Waals surface area contributed by atoms with Crippen LogP contribution in [-0.4, -0.2) is 58.5 Å². The fourth-order valence-corrected chi connectivity index (χ4v) is 3.38. The van der Waals surface area contributed by atoms with Gasteiger partial charge in [0.15, 0.2) is 0 Å². The SMILES string of the molecule is CC1(C(=O)N2CCN(c3ncccn3)CC2)Oc2ccc(Cl)cc2NC1=O. The number of fused-ring (bicyclic) bond motifs is 1. The molecule has 2 aliphatic rings. The van der Waals surface area contributed by atoms with Gasteiger partial charge in [-0.3, -0.25) is 9.59 Å². The van der Waals surface area contributed by atoms with E-state index in [4.69, 9.17) is 16.3 Å². The van der Waals surface area contributed by atoms with Crippen molar-refractivity contribution in [2.45, 2.75) is 12.5 Å². The highest BCUT2D eigenvalue weighted by molar-refractivity contribution is 6.31. The maximum atomic E-state index is 13.1. The van der Waals surface area contributed by atoms with E-state index < -0.39 is 11.5 Å². The molecule has 2 amide bonds. The van der Waals surface area contributed by atoms with E-state index in [-0.39, 0.29) is 5.91 Å². The standard InChI is InChI=1S/C18H18ClN5O3/c1-18(15(25)22-13-11-12(19)3-4-14(13)27-18)16(26)23-7-9-24(10-8-23)17-20-5-2-6-21-17/h2-6,11H,7-10H2,1H3,(H,22,25). The quantitative estimate of drug-likeness (QED) is 0.787. The van der Waals surface area contributed by atoms with E-state index >= 15 is 0 Å². The van der Waals surface area contributed by atoms with Crippen LogP contribution in [0.15, 0.2) is 36.7 Å². The van der Waals surface area contributed by atoms with Gasteiger partial charge in [0, 0.05) is 43.6 Å². The number of halogens is 1. The zero-order chi connectivity index (χ0) is 19.0. The number of aromatic nitrogens is 2. The van der Waals surface area contributed by atoms with Gasteiger partial charge in [0.1, 0.15) is 5.75 Å². The van der Waals surface area contributed by atoms with Crippen molar-refractivity contribution in [1.29, 1.82) is 0 Å². The van der Waals surface area contributed by atoms with Gasteiger partial charge in [-0.2, -0.15) is 0 Å². The summed E-state index contributed by atoms with van der Waals surface area (Å²) in [4.78, 5) is 37.8. The molecule has 1 N–H and O–H groups in total. The summed E-state index contributed by atoms with van der Waals surface area (Å²) in [6, 6.07) is 6.65. The van der Waals surface area contributed by atoms with Crippen LogP contribution in [0.5, 0.6) is 5.75 Å². The second-order valence-corrected chi connectivity index (χ2v) is 6.99. The lowest BCUT2D eigenvalue weighted by atomic mass is 10.0. The monoisotopic (exact) mass is 387 g/mol. The van der Waals surface area contributed by atoms with Gasteiger partial charge >= 0.3 is 0 Å². The third-order valence-electron chi connectivity index (χ3n) is 4.75. The highest BCUT2D eigenvalue weighted by Crippen LogP contribution is 2.36. The van der Waals surface area contributed by atoms with Crippen molar-refractivity contribution in [3.63, 3.8) is 0 Å². The molecule has 0 bridgehead atoms. The predicted molar refractivity (Wildman–Crippen MR) is 99.9 cm³/mol. The maximum Gasteiger partial charge on any atom is 0.278 e. The van der Waals surface area contributed by atoms with Crippen LogP contribution in [0.4, 0.5) is 11.6 Å². The van der Waals surface area contributed by atoms with Crippen molar-refractivity contribution in [2.24, 2.45) is 0 Å². The Morgan fingerprint density at radius 3 is 2.63 bits per heavy atom. The van der Waals surface area contributed by atoms with Gasteiger partial charge in [0.05, 0.1) is 5.69 Å². The van der Waals surface area contributed by atoms with Gasteiger partial charge < -0.3 is 19.9 Å². The molecule has 3 heterocycles. The average Bonchev–Trinajstić information content (AvgIpc) is 2.69. The second kappa shape index (κ2) is 6.70. The number of nitrogens with zero attached hydrogens (tertiary/aromatic N) is 4. The summed E-state index contributed by atoms with van der Waals surface area (Å²) in [6.45, 7) is 3.57. The van der Waals surface area contributed by atoms with Crippen LogP contribution in [0, 0.1) is 0 Å². The lowest BCUT2D eigenvalue weighted by Gasteiger charge is -2.40. The number of anilines is 2. The lowest BCUT2D eigenvalue weighted by Crippen LogP contribution is -2.62. The summed E-state index contributed by atoms with van der Waals surface area (Å²) in [5.74, 6) is 0.185. The smallest absolute Gasteiger partial charge is 0.278 e. The Bertz CT molecular complexity index is 886. The molecule has 2 aliphatic heterocycles. The normalized spacial score (nSPS) is 21.9. The summed E-state index contributed by atoms with van der Waals surface area (Å²) in [5, 5.41) is 3.20. The summed E-state index contributed by atoms with van der Waals surface area (Å²) < 4.78 is 5.81. The maximum absolute atomic E-state index is 13.1. The molecule has 1 atom stereocenters. The van der Waals surface area contributed by atoms with Crippen LogP contribution < -0.4 is 15.0 Å². The molecule has 0 radical (unpaired) electrons. The van der Waals surface area contributed by atoms with Crippen LogP contribution in [0.2, 0.25) is 5.02 Å². The molecular weight excluding hydrogens is 370 g/mol. The van der Waals surface area contributed by atoms with Crippen LogP contribution in [-0.2, 0) is 9.59 Å². The number of hydrogen-bond acceptors (Lipinski definition) is 6. The van der Waals surface area contributed by atoms with Crippen molar-refractivity contribution in [2.75, 3.05) is 36.4 Å². The molecular formula is C18H18ClN5O3. The fraction of sp³-hybridized carbons (Fsp3) is 0.333. The number of rotatable bonds is 2. The number of piperazine rings is 1. The van der Waals surface area contributed by atoms with Crippen LogP contribution >= 0.6 is 11.6 Å². The first-order valence-corrected chi connectivity index (χ1v) is 8.96. The Morgan fingerprint density at radius 1 is 1.22 bits per heavy atom. The first-order chi connectivity index (χ1) is 13.0. The topological polar surface area (TPSA) is 87.7 Å². The molecule has 4 rings (SSSR count). The van der Waals surface area contributed by atoms with Crippen LogP contribution in [0.25, 0.3) is 0 Å². The Labute approximate surface area is 161 Å². The zero-order valence-corrected chi connectivity index (χ0v) is 15.4. The summed E-state index contributed by atoms with van der Waals surface area (Å²) in [6.07, 6.45) is 3.37. The van der Waals surface area contributed by atoms with E-state index in [9.17, 15) is 9.59 Å². The number of carbonyl (C=O) groups is 2. The molecule has 1 unspecified atom stereocenters. The Balaban J connectivity index is 1.48. The molecule has 0 spiro atoms. The largest absolute Gasteiger partial charge is 0.466 e. The third kappa shape index (κ3) is 3.16.